The molecule has 2 unspecified atom stereocenters. The van der Waals surface area contributed by atoms with Gasteiger partial charge >= 0.3 is 0 Å². The second kappa shape index (κ2) is 9.11. The molecule has 3 heterocycles. The standard InChI is InChI=1S/C20H29N3O3S.ClH/c24-20(22-13-10-17-8-9-18(15-22)21-17)16-6-5-7-19(14-16)27(25,26)23-11-3-1-2-4-12-23;/h5-7,14,17-18,21H,1-4,8-13,15H2;1H. The maximum Gasteiger partial charge on any atom is 0.253 e. The Bertz CT molecular complexity index is 794. The molecule has 3 saturated heterocycles. The summed E-state index contributed by atoms with van der Waals surface area (Å²) in [5.74, 6) is -0.0581. The summed E-state index contributed by atoms with van der Waals surface area (Å²) in [5, 5.41) is 3.58. The van der Waals surface area contributed by atoms with Crippen molar-refractivity contribution in [3.8, 4) is 0 Å². The molecule has 1 aromatic carbocycles. The number of rotatable bonds is 3. The van der Waals surface area contributed by atoms with Gasteiger partial charge in [-0.3, -0.25) is 4.79 Å². The summed E-state index contributed by atoms with van der Waals surface area (Å²) in [6.07, 6.45) is 7.23. The summed E-state index contributed by atoms with van der Waals surface area (Å²) in [7, 11) is -3.54. The average molecular weight is 428 g/mol. The molecule has 1 aromatic rings. The number of carbonyl (C=O) groups is 1. The molecule has 0 saturated carbocycles. The van der Waals surface area contributed by atoms with Crippen LogP contribution in [0.2, 0.25) is 0 Å². The van der Waals surface area contributed by atoms with Gasteiger partial charge in [-0.1, -0.05) is 18.9 Å². The van der Waals surface area contributed by atoms with Gasteiger partial charge in [0.05, 0.1) is 4.90 Å². The zero-order chi connectivity index (χ0) is 18.9. The van der Waals surface area contributed by atoms with Gasteiger partial charge < -0.3 is 10.2 Å². The number of fused-ring (bicyclic) bond motifs is 2. The molecular weight excluding hydrogens is 398 g/mol. The summed E-state index contributed by atoms with van der Waals surface area (Å²) in [5.41, 5.74) is 0.476. The monoisotopic (exact) mass is 427 g/mol. The van der Waals surface area contributed by atoms with Gasteiger partial charge in [-0.25, -0.2) is 8.42 Å². The first-order valence-electron chi connectivity index (χ1n) is 10.2. The van der Waals surface area contributed by atoms with E-state index in [-0.39, 0.29) is 23.2 Å². The molecule has 2 bridgehead atoms. The lowest BCUT2D eigenvalue weighted by atomic mass is 10.1. The molecule has 3 aliphatic heterocycles. The fraction of sp³-hybridized carbons (Fsp3) is 0.650. The molecule has 3 aliphatic rings. The van der Waals surface area contributed by atoms with Crippen LogP contribution in [-0.4, -0.2) is 61.8 Å². The van der Waals surface area contributed by atoms with E-state index in [1.165, 1.54) is 6.42 Å². The minimum absolute atomic E-state index is 0. The van der Waals surface area contributed by atoms with Crippen molar-refractivity contribution >= 4 is 28.3 Å². The van der Waals surface area contributed by atoms with Gasteiger partial charge in [0.15, 0.2) is 0 Å². The van der Waals surface area contributed by atoms with Crippen molar-refractivity contribution in [2.75, 3.05) is 26.2 Å². The first-order chi connectivity index (χ1) is 13.0. The average Bonchev–Trinajstić information content (AvgIpc) is 2.86. The van der Waals surface area contributed by atoms with Gasteiger partial charge in [0.2, 0.25) is 10.0 Å². The van der Waals surface area contributed by atoms with Crippen LogP contribution in [0.25, 0.3) is 0 Å². The van der Waals surface area contributed by atoms with Crippen LogP contribution < -0.4 is 5.32 Å². The third kappa shape index (κ3) is 4.53. The third-order valence-electron chi connectivity index (χ3n) is 6.09. The Hall–Kier alpha value is -1.15. The molecular formula is C20H30ClN3O3S. The lowest BCUT2D eigenvalue weighted by molar-refractivity contribution is 0.0748. The van der Waals surface area contributed by atoms with E-state index in [2.05, 4.69) is 5.32 Å². The smallest absolute Gasteiger partial charge is 0.253 e. The third-order valence-corrected chi connectivity index (χ3v) is 7.99. The summed E-state index contributed by atoms with van der Waals surface area (Å²) in [6, 6.07) is 7.50. The molecule has 28 heavy (non-hydrogen) atoms. The fourth-order valence-electron chi connectivity index (χ4n) is 4.53. The van der Waals surface area contributed by atoms with E-state index < -0.39 is 10.0 Å². The highest BCUT2D eigenvalue weighted by Gasteiger charge is 2.32. The van der Waals surface area contributed by atoms with Crippen molar-refractivity contribution in [1.29, 1.82) is 0 Å². The van der Waals surface area contributed by atoms with Crippen molar-refractivity contribution in [3.63, 3.8) is 0 Å². The number of benzene rings is 1. The maximum absolute atomic E-state index is 13.0. The van der Waals surface area contributed by atoms with Gasteiger partial charge in [-0.05, 0) is 50.3 Å². The number of hydrogen-bond acceptors (Lipinski definition) is 4. The van der Waals surface area contributed by atoms with Crippen LogP contribution in [0.15, 0.2) is 29.2 Å². The first-order valence-corrected chi connectivity index (χ1v) is 11.6. The number of nitrogens with one attached hydrogen (secondary N) is 1. The van der Waals surface area contributed by atoms with Crippen LogP contribution in [0.4, 0.5) is 0 Å². The number of hydrogen-bond donors (Lipinski definition) is 1. The topological polar surface area (TPSA) is 69.7 Å². The predicted molar refractivity (Wildman–Crippen MR) is 111 cm³/mol. The number of sulfonamides is 1. The Morgan fingerprint density at radius 1 is 0.964 bits per heavy atom. The van der Waals surface area contributed by atoms with Gasteiger partial charge in [0, 0.05) is 43.8 Å². The van der Waals surface area contributed by atoms with Crippen molar-refractivity contribution in [2.45, 2.75) is 61.9 Å². The van der Waals surface area contributed by atoms with E-state index >= 15 is 0 Å². The molecule has 0 aromatic heterocycles. The normalized spacial score (nSPS) is 26.2. The molecule has 4 rings (SSSR count). The van der Waals surface area contributed by atoms with E-state index in [1.807, 2.05) is 4.90 Å². The van der Waals surface area contributed by atoms with E-state index in [0.29, 0.717) is 37.3 Å². The molecule has 2 atom stereocenters. The summed E-state index contributed by atoms with van der Waals surface area (Å²) < 4.78 is 27.7. The zero-order valence-corrected chi connectivity index (χ0v) is 17.8. The molecule has 6 nitrogen and oxygen atoms in total. The first kappa shape index (κ1) is 21.6. The molecule has 8 heteroatoms. The molecule has 1 amide bonds. The Balaban J connectivity index is 0.00000225. The quantitative estimate of drug-likeness (QED) is 0.805. The van der Waals surface area contributed by atoms with Crippen LogP contribution >= 0.6 is 12.4 Å². The molecule has 0 radical (unpaired) electrons. The highest BCUT2D eigenvalue weighted by molar-refractivity contribution is 7.89. The van der Waals surface area contributed by atoms with E-state index in [0.717, 1.165) is 45.1 Å². The fourth-order valence-corrected chi connectivity index (χ4v) is 6.09. The number of nitrogens with zero attached hydrogens (tertiary/aromatic N) is 2. The molecule has 1 N–H and O–H groups in total. The number of amides is 1. The lowest BCUT2D eigenvalue weighted by Crippen LogP contribution is -2.39. The second-order valence-corrected chi connectivity index (χ2v) is 9.96. The Kier molecular flexibility index (Phi) is 7.02. The Morgan fingerprint density at radius 3 is 2.43 bits per heavy atom. The molecule has 3 fully saturated rings. The Morgan fingerprint density at radius 2 is 1.68 bits per heavy atom. The minimum Gasteiger partial charge on any atom is -0.337 e. The highest BCUT2D eigenvalue weighted by Crippen LogP contribution is 2.24. The van der Waals surface area contributed by atoms with Crippen molar-refractivity contribution < 1.29 is 13.2 Å². The van der Waals surface area contributed by atoms with E-state index in [4.69, 9.17) is 0 Å². The SMILES string of the molecule is Cl.O=C(c1cccc(S(=O)(=O)N2CCCCCC2)c1)N1CCC2CCC(C1)N2. The second-order valence-electron chi connectivity index (χ2n) is 8.02. The highest BCUT2D eigenvalue weighted by atomic mass is 35.5. The maximum atomic E-state index is 13.0. The zero-order valence-electron chi connectivity index (χ0n) is 16.2. The van der Waals surface area contributed by atoms with E-state index in [9.17, 15) is 13.2 Å². The van der Waals surface area contributed by atoms with Gasteiger partial charge in [-0.2, -0.15) is 4.31 Å². The number of carbonyl (C=O) groups excluding carboxylic acids is 1. The minimum atomic E-state index is -3.54. The Labute approximate surface area is 174 Å². The summed E-state index contributed by atoms with van der Waals surface area (Å²) >= 11 is 0. The van der Waals surface area contributed by atoms with Crippen LogP contribution in [0, 0.1) is 0 Å². The predicted octanol–water partition coefficient (Wildman–Crippen LogP) is 2.64. The lowest BCUT2D eigenvalue weighted by Gasteiger charge is -2.25. The van der Waals surface area contributed by atoms with Gasteiger partial charge in [0.1, 0.15) is 0 Å². The summed E-state index contributed by atoms with van der Waals surface area (Å²) in [6.45, 7) is 2.58. The molecule has 156 valence electrons. The molecule has 0 spiro atoms. The molecule has 0 aliphatic carbocycles. The van der Waals surface area contributed by atoms with Crippen molar-refractivity contribution in [1.82, 2.24) is 14.5 Å². The van der Waals surface area contributed by atoms with Crippen molar-refractivity contribution in [2.24, 2.45) is 0 Å². The van der Waals surface area contributed by atoms with Gasteiger partial charge in [0.25, 0.3) is 5.91 Å². The van der Waals surface area contributed by atoms with E-state index in [1.54, 1.807) is 28.6 Å². The van der Waals surface area contributed by atoms with Crippen molar-refractivity contribution in [3.05, 3.63) is 29.8 Å². The number of halogens is 1. The van der Waals surface area contributed by atoms with Crippen LogP contribution in [0.3, 0.4) is 0 Å². The largest absolute Gasteiger partial charge is 0.337 e. The van der Waals surface area contributed by atoms with Crippen LogP contribution in [0.5, 0.6) is 0 Å². The van der Waals surface area contributed by atoms with Gasteiger partial charge in [-0.15, -0.1) is 12.4 Å². The van der Waals surface area contributed by atoms with Crippen LogP contribution in [0.1, 0.15) is 55.3 Å². The number of likely N-dealkylation sites (tertiary alicyclic amines) is 1. The summed E-state index contributed by atoms with van der Waals surface area (Å²) in [4.78, 5) is 15.2. The van der Waals surface area contributed by atoms with Crippen LogP contribution in [-0.2, 0) is 10.0 Å².